The standard InChI is InChI=1S/C30H31N3O4S/c1-4-32(5-2)25-16-13-23(26(18-25)37-20-22-9-7-6-8-10-22)17-27-29(35)33(30(36)38-27)19-28(34)31-24-14-11-21(3)12-15-24/h6-18H,4-5,19-20H2,1-3H3,(H,31,34)/b27-17+. The Morgan fingerprint density at radius 2 is 1.71 bits per heavy atom. The summed E-state index contributed by atoms with van der Waals surface area (Å²) in [6.07, 6.45) is 1.66. The summed E-state index contributed by atoms with van der Waals surface area (Å²) in [5.41, 5.74) is 4.39. The third-order valence-corrected chi connectivity index (χ3v) is 7.07. The second kappa shape index (κ2) is 12.5. The second-order valence-electron chi connectivity index (χ2n) is 8.85. The molecule has 0 saturated carbocycles. The Morgan fingerprint density at radius 1 is 1.00 bits per heavy atom. The van der Waals surface area contributed by atoms with Gasteiger partial charge in [0.05, 0.1) is 4.91 Å². The van der Waals surface area contributed by atoms with Crippen molar-refractivity contribution in [2.45, 2.75) is 27.4 Å². The lowest BCUT2D eigenvalue weighted by Gasteiger charge is -2.22. The summed E-state index contributed by atoms with van der Waals surface area (Å²) in [4.78, 5) is 41.7. The van der Waals surface area contributed by atoms with Crippen LogP contribution in [0, 0.1) is 6.92 Å². The van der Waals surface area contributed by atoms with E-state index in [0.717, 1.165) is 46.6 Å². The van der Waals surface area contributed by atoms with E-state index in [1.54, 1.807) is 18.2 Å². The highest BCUT2D eigenvalue weighted by atomic mass is 32.2. The summed E-state index contributed by atoms with van der Waals surface area (Å²) >= 11 is 0.822. The topological polar surface area (TPSA) is 79.0 Å². The van der Waals surface area contributed by atoms with Crippen molar-refractivity contribution >= 4 is 46.3 Å². The molecule has 3 aromatic rings. The monoisotopic (exact) mass is 529 g/mol. The van der Waals surface area contributed by atoms with Crippen LogP contribution in [0.2, 0.25) is 0 Å². The minimum absolute atomic E-state index is 0.248. The number of amides is 3. The Kier molecular flexibility index (Phi) is 8.86. The highest BCUT2D eigenvalue weighted by Crippen LogP contribution is 2.35. The highest BCUT2D eigenvalue weighted by Gasteiger charge is 2.36. The number of benzene rings is 3. The van der Waals surface area contributed by atoms with E-state index in [9.17, 15) is 14.4 Å². The maximum atomic E-state index is 13.1. The number of nitrogens with zero attached hydrogens (tertiary/aromatic N) is 2. The van der Waals surface area contributed by atoms with Gasteiger partial charge in [-0.3, -0.25) is 19.3 Å². The molecule has 1 aliphatic heterocycles. The quantitative estimate of drug-likeness (QED) is 0.320. The fraction of sp³-hybridized carbons (Fsp3) is 0.233. The molecule has 1 saturated heterocycles. The predicted molar refractivity (Wildman–Crippen MR) is 153 cm³/mol. The van der Waals surface area contributed by atoms with Crippen LogP contribution in [0.25, 0.3) is 6.08 Å². The van der Waals surface area contributed by atoms with Crippen LogP contribution in [0.15, 0.2) is 77.7 Å². The van der Waals surface area contributed by atoms with Gasteiger partial charge in [-0.05, 0) is 68.4 Å². The molecule has 4 rings (SSSR count). The molecule has 0 aliphatic carbocycles. The molecule has 0 aromatic heterocycles. The van der Waals surface area contributed by atoms with Gasteiger partial charge in [0.15, 0.2) is 0 Å². The Morgan fingerprint density at radius 3 is 2.39 bits per heavy atom. The fourth-order valence-corrected chi connectivity index (χ4v) is 4.88. The number of anilines is 2. The van der Waals surface area contributed by atoms with Crippen molar-refractivity contribution in [3.05, 3.63) is 94.4 Å². The van der Waals surface area contributed by atoms with Gasteiger partial charge in [-0.15, -0.1) is 0 Å². The molecule has 3 amide bonds. The molecule has 0 bridgehead atoms. The summed E-state index contributed by atoms with van der Waals surface area (Å²) < 4.78 is 6.19. The van der Waals surface area contributed by atoms with E-state index < -0.39 is 17.1 Å². The van der Waals surface area contributed by atoms with Gasteiger partial charge in [0.1, 0.15) is 18.9 Å². The van der Waals surface area contributed by atoms with Crippen LogP contribution in [0.3, 0.4) is 0 Å². The van der Waals surface area contributed by atoms with Crippen LogP contribution in [0.4, 0.5) is 16.2 Å². The number of hydrogen-bond acceptors (Lipinski definition) is 6. The molecule has 7 nitrogen and oxygen atoms in total. The zero-order valence-electron chi connectivity index (χ0n) is 21.8. The summed E-state index contributed by atoms with van der Waals surface area (Å²) in [7, 11) is 0. The number of imide groups is 1. The van der Waals surface area contributed by atoms with Crippen molar-refractivity contribution in [3.8, 4) is 5.75 Å². The lowest BCUT2D eigenvalue weighted by Crippen LogP contribution is -2.36. The summed E-state index contributed by atoms with van der Waals surface area (Å²) in [5.74, 6) is -0.323. The number of ether oxygens (including phenoxy) is 1. The van der Waals surface area contributed by atoms with Crippen LogP contribution >= 0.6 is 11.8 Å². The van der Waals surface area contributed by atoms with Crippen LogP contribution in [-0.2, 0) is 16.2 Å². The number of thioether (sulfide) groups is 1. The third kappa shape index (κ3) is 6.63. The average molecular weight is 530 g/mol. The van der Waals surface area contributed by atoms with E-state index in [-0.39, 0.29) is 11.4 Å². The summed E-state index contributed by atoms with van der Waals surface area (Å²) in [6, 6.07) is 23.0. The molecule has 196 valence electrons. The van der Waals surface area contributed by atoms with Gasteiger partial charge in [0.25, 0.3) is 11.1 Å². The van der Waals surface area contributed by atoms with Crippen molar-refractivity contribution in [1.82, 2.24) is 4.90 Å². The smallest absolute Gasteiger partial charge is 0.294 e. The minimum atomic E-state index is -0.499. The summed E-state index contributed by atoms with van der Waals surface area (Å²) in [5, 5.41) is 2.25. The van der Waals surface area contributed by atoms with Gasteiger partial charge >= 0.3 is 0 Å². The summed E-state index contributed by atoms with van der Waals surface area (Å²) in [6.45, 7) is 7.83. The minimum Gasteiger partial charge on any atom is -0.488 e. The van der Waals surface area contributed by atoms with Crippen molar-refractivity contribution < 1.29 is 19.1 Å². The lowest BCUT2D eigenvalue weighted by atomic mass is 10.1. The first-order chi connectivity index (χ1) is 18.4. The van der Waals surface area contributed by atoms with Gasteiger partial charge in [-0.1, -0.05) is 48.0 Å². The molecule has 3 aromatic carbocycles. The van der Waals surface area contributed by atoms with Gasteiger partial charge in [0, 0.05) is 36.1 Å². The molecule has 0 spiro atoms. The fourth-order valence-electron chi connectivity index (χ4n) is 4.05. The second-order valence-corrected chi connectivity index (χ2v) is 9.84. The first-order valence-corrected chi connectivity index (χ1v) is 13.4. The van der Waals surface area contributed by atoms with Crippen LogP contribution < -0.4 is 15.0 Å². The first kappa shape index (κ1) is 27.0. The van der Waals surface area contributed by atoms with Crippen molar-refractivity contribution in [3.63, 3.8) is 0 Å². The van der Waals surface area contributed by atoms with Crippen molar-refractivity contribution in [1.29, 1.82) is 0 Å². The zero-order chi connectivity index (χ0) is 27.1. The highest BCUT2D eigenvalue weighted by molar-refractivity contribution is 8.18. The van der Waals surface area contributed by atoms with Gasteiger partial charge < -0.3 is 15.0 Å². The largest absolute Gasteiger partial charge is 0.488 e. The number of rotatable bonds is 10. The van der Waals surface area contributed by atoms with E-state index in [1.165, 1.54) is 0 Å². The van der Waals surface area contributed by atoms with E-state index in [1.807, 2.05) is 67.6 Å². The van der Waals surface area contributed by atoms with Crippen molar-refractivity contribution in [2.24, 2.45) is 0 Å². The molecule has 0 atom stereocenters. The van der Waals surface area contributed by atoms with E-state index >= 15 is 0 Å². The predicted octanol–water partition coefficient (Wildman–Crippen LogP) is 6.10. The average Bonchev–Trinajstić information content (AvgIpc) is 3.18. The molecule has 1 aliphatic rings. The Hall–Kier alpha value is -4.04. The van der Waals surface area contributed by atoms with Crippen molar-refractivity contribution in [2.75, 3.05) is 29.9 Å². The molecular weight excluding hydrogens is 498 g/mol. The number of aryl methyl sites for hydroxylation is 1. The van der Waals surface area contributed by atoms with E-state index in [4.69, 9.17) is 4.74 Å². The van der Waals surface area contributed by atoms with Gasteiger partial charge in [0.2, 0.25) is 5.91 Å². The normalized spacial score (nSPS) is 14.2. The number of carbonyl (C=O) groups excluding carboxylic acids is 3. The molecular formula is C30H31N3O4S. The van der Waals surface area contributed by atoms with E-state index in [0.29, 0.717) is 23.6 Å². The van der Waals surface area contributed by atoms with E-state index in [2.05, 4.69) is 24.1 Å². The molecule has 8 heteroatoms. The molecule has 38 heavy (non-hydrogen) atoms. The molecule has 0 unspecified atom stereocenters. The van der Waals surface area contributed by atoms with Gasteiger partial charge in [-0.2, -0.15) is 0 Å². The Bertz CT molecular complexity index is 1340. The SMILES string of the molecule is CCN(CC)c1ccc(/C=C2/SC(=O)N(CC(=O)Nc3ccc(C)cc3)C2=O)c(OCc2ccccc2)c1. The molecule has 0 radical (unpaired) electrons. The number of carbonyl (C=O) groups is 3. The lowest BCUT2D eigenvalue weighted by molar-refractivity contribution is -0.127. The molecule has 1 fully saturated rings. The van der Waals surface area contributed by atoms with Gasteiger partial charge in [-0.25, -0.2) is 0 Å². The van der Waals surface area contributed by atoms with Crippen LogP contribution in [-0.4, -0.2) is 41.6 Å². The first-order valence-electron chi connectivity index (χ1n) is 12.6. The third-order valence-electron chi connectivity index (χ3n) is 6.16. The number of hydrogen-bond donors (Lipinski definition) is 1. The molecule has 1 N–H and O–H groups in total. The Labute approximate surface area is 227 Å². The number of nitrogens with one attached hydrogen (secondary N) is 1. The van der Waals surface area contributed by atoms with Crippen LogP contribution in [0.1, 0.15) is 30.5 Å². The maximum Gasteiger partial charge on any atom is 0.294 e. The van der Waals surface area contributed by atoms with Crippen LogP contribution in [0.5, 0.6) is 5.75 Å². The zero-order valence-corrected chi connectivity index (χ0v) is 22.6. The Balaban J connectivity index is 1.53. The molecule has 1 heterocycles. The maximum absolute atomic E-state index is 13.1.